The first-order chi connectivity index (χ1) is 7.00. The Balaban J connectivity index is 2.87. The van der Waals surface area contributed by atoms with Crippen molar-refractivity contribution >= 4 is 29.3 Å². The van der Waals surface area contributed by atoms with Crippen LogP contribution in [0, 0.1) is 6.92 Å². The summed E-state index contributed by atoms with van der Waals surface area (Å²) in [7, 11) is 0. The lowest BCUT2D eigenvalue weighted by atomic mass is 10.1. The second-order valence-corrected chi connectivity index (χ2v) is 3.71. The molecule has 0 bridgehead atoms. The average Bonchev–Trinajstić information content (AvgIpc) is 2.13. The number of aryl methyl sites for hydroxylation is 1. The molecule has 4 N–H and O–H groups in total. The molecule has 0 aliphatic rings. The van der Waals surface area contributed by atoms with Crippen LogP contribution in [0.25, 0.3) is 6.08 Å². The predicted octanol–water partition coefficient (Wildman–Crippen LogP) is 2.12. The van der Waals surface area contributed by atoms with Crippen LogP contribution in [0.4, 0.5) is 5.69 Å². The lowest BCUT2D eigenvalue weighted by Crippen LogP contribution is -2.07. The smallest absolute Gasteiger partial charge is 0.221 e. The van der Waals surface area contributed by atoms with Crippen molar-refractivity contribution in [3.05, 3.63) is 34.4 Å². The normalized spacial score (nSPS) is 10.8. The van der Waals surface area contributed by atoms with E-state index in [0.717, 1.165) is 11.1 Å². The van der Waals surface area contributed by atoms with E-state index in [-0.39, 0.29) is 12.3 Å². The maximum absolute atomic E-state index is 10.5. The SMILES string of the molecule is Cc1cc(C=CCC(N)=O)cc(Cl)c1N. The number of primary amides is 1. The van der Waals surface area contributed by atoms with Crippen molar-refractivity contribution in [1.82, 2.24) is 0 Å². The molecule has 15 heavy (non-hydrogen) atoms. The van der Waals surface area contributed by atoms with E-state index in [2.05, 4.69) is 0 Å². The molecule has 0 aromatic heterocycles. The summed E-state index contributed by atoms with van der Waals surface area (Å²) in [6.45, 7) is 1.88. The molecule has 0 unspecified atom stereocenters. The molecule has 0 spiro atoms. The minimum atomic E-state index is -0.357. The Morgan fingerprint density at radius 1 is 1.53 bits per heavy atom. The molecule has 0 heterocycles. The highest BCUT2D eigenvalue weighted by Gasteiger charge is 2.00. The largest absolute Gasteiger partial charge is 0.397 e. The summed E-state index contributed by atoms with van der Waals surface area (Å²) in [6.07, 6.45) is 3.72. The van der Waals surface area contributed by atoms with Gasteiger partial charge in [0.05, 0.1) is 10.7 Å². The van der Waals surface area contributed by atoms with Gasteiger partial charge in [-0.25, -0.2) is 0 Å². The Hall–Kier alpha value is -1.48. The lowest BCUT2D eigenvalue weighted by Gasteiger charge is -2.04. The molecular formula is C11H13ClN2O. The number of amides is 1. The van der Waals surface area contributed by atoms with Crippen molar-refractivity contribution in [2.45, 2.75) is 13.3 Å². The molecule has 0 saturated carbocycles. The first-order valence-electron chi connectivity index (χ1n) is 4.51. The molecule has 0 atom stereocenters. The molecule has 0 aliphatic carbocycles. The quantitative estimate of drug-likeness (QED) is 0.773. The fraction of sp³-hybridized carbons (Fsp3) is 0.182. The minimum absolute atomic E-state index is 0.223. The average molecular weight is 225 g/mol. The minimum Gasteiger partial charge on any atom is -0.397 e. The van der Waals surface area contributed by atoms with E-state index in [4.69, 9.17) is 23.1 Å². The van der Waals surface area contributed by atoms with Crippen molar-refractivity contribution in [3.63, 3.8) is 0 Å². The topological polar surface area (TPSA) is 69.1 Å². The fourth-order valence-electron chi connectivity index (χ4n) is 1.19. The van der Waals surface area contributed by atoms with Crippen LogP contribution in [-0.4, -0.2) is 5.91 Å². The van der Waals surface area contributed by atoms with Gasteiger partial charge in [-0.1, -0.05) is 23.8 Å². The number of hydrogen-bond acceptors (Lipinski definition) is 2. The molecule has 1 aromatic rings. The van der Waals surface area contributed by atoms with Gasteiger partial charge in [0.1, 0.15) is 0 Å². The van der Waals surface area contributed by atoms with Crippen molar-refractivity contribution in [1.29, 1.82) is 0 Å². The van der Waals surface area contributed by atoms with Crippen molar-refractivity contribution < 1.29 is 4.79 Å². The van der Waals surface area contributed by atoms with Gasteiger partial charge in [-0.05, 0) is 30.2 Å². The molecule has 1 rings (SSSR count). The molecule has 0 saturated heterocycles. The van der Waals surface area contributed by atoms with Crippen LogP contribution in [0.15, 0.2) is 18.2 Å². The first kappa shape index (κ1) is 11.6. The molecule has 4 heteroatoms. The second kappa shape index (κ2) is 4.84. The highest BCUT2D eigenvalue weighted by molar-refractivity contribution is 6.33. The molecule has 1 amide bonds. The van der Waals surface area contributed by atoms with E-state index >= 15 is 0 Å². The summed E-state index contributed by atoms with van der Waals surface area (Å²) in [5.41, 5.74) is 13.1. The number of benzene rings is 1. The molecule has 1 aromatic carbocycles. The van der Waals surface area contributed by atoms with Gasteiger partial charge in [0.25, 0.3) is 0 Å². The van der Waals surface area contributed by atoms with Gasteiger partial charge >= 0.3 is 0 Å². The zero-order valence-corrected chi connectivity index (χ0v) is 9.21. The summed E-state index contributed by atoms with van der Waals surface area (Å²) < 4.78 is 0. The van der Waals surface area contributed by atoms with Gasteiger partial charge in [-0.15, -0.1) is 0 Å². The van der Waals surface area contributed by atoms with Gasteiger partial charge in [-0.2, -0.15) is 0 Å². The van der Waals surface area contributed by atoms with Gasteiger partial charge < -0.3 is 11.5 Å². The molecule has 3 nitrogen and oxygen atoms in total. The van der Waals surface area contributed by atoms with E-state index in [1.165, 1.54) is 0 Å². The van der Waals surface area contributed by atoms with Crippen molar-refractivity contribution in [3.8, 4) is 0 Å². The Morgan fingerprint density at radius 2 is 2.20 bits per heavy atom. The standard InChI is InChI=1S/C11H13ClN2O/c1-7-5-8(3-2-4-10(13)15)6-9(12)11(7)14/h2-3,5-6H,4,14H2,1H3,(H2,13,15). The fourth-order valence-corrected chi connectivity index (χ4v) is 1.46. The summed E-state index contributed by atoms with van der Waals surface area (Å²) in [5.74, 6) is -0.357. The Morgan fingerprint density at radius 3 is 2.73 bits per heavy atom. The van der Waals surface area contributed by atoms with Crippen LogP contribution in [0.1, 0.15) is 17.5 Å². The van der Waals surface area contributed by atoms with Gasteiger partial charge in [0.15, 0.2) is 0 Å². The van der Waals surface area contributed by atoms with Crippen LogP contribution in [0.2, 0.25) is 5.02 Å². The maximum Gasteiger partial charge on any atom is 0.221 e. The van der Waals surface area contributed by atoms with Crippen LogP contribution in [0.5, 0.6) is 0 Å². The van der Waals surface area contributed by atoms with Crippen molar-refractivity contribution in [2.24, 2.45) is 5.73 Å². The zero-order chi connectivity index (χ0) is 11.4. The number of nitrogen functional groups attached to an aromatic ring is 1. The van der Waals surface area contributed by atoms with Crippen LogP contribution in [-0.2, 0) is 4.79 Å². The Kier molecular flexibility index (Phi) is 3.74. The van der Waals surface area contributed by atoms with E-state index in [1.807, 2.05) is 13.0 Å². The second-order valence-electron chi connectivity index (χ2n) is 3.31. The van der Waals surface area contributed by atoms with Crippen LogP contribution >= 0.6 is 11.6 Å². The Bertz CT molecular complexity index is 390. The van der Waals surface area contributed by atoms with E-state index in [1.54, 1.807) is 18.2 Å². The predicted molar refractivity (Wildman–Crippen MR) is 63.4 cm³/mol. The number of hydrogen-bond donors (Lipinski definition) is 2. The molecule has 80 valence electrons. The summed E-state index contributed by atoms with van der Waals surface area (Å²) >= 11 is 5.91. The highest BCUT2D eigenvalue weighted by Crippen LogP contribution is 2.24. The number of rotatable bonds is 3. The van der Waals surface area contributed by atoms with Gasteiger partial charge in [-0.3, -0.25) is 4.79 Å². The molecule has 0 fully saturated rings. The maximum atomic E-state index is 10.5. The van der Waals surface area contributed by atoms with E-state index < -0.39 is 0 Å². The monoisotopic (exact) mass is 224 g/mol. The molecular weight excluding hydrogens is 212 g/mol. The third-order valence-corrected chi connectivity index (χ3v) is 2.30. The Labute approximate surface area is 93.7 Å². The third kappa shape index (κ3) is 3.29. The summed E-state index contributed by atoms with van der Waals surface area (Å²) in [6, 6.07) is 3.65. The van der Waals surface area contributed by atoms with E-state index in [9.17, 15) is 4.79 Å². The van der Waals surface area contributed by atoms with E-state index in [0.29, 0.717) is 10.7 Å². The van der Waals surface area contributed by atoms with Gasteiger partial charge in [0.2, 0.25) is 5.91 Å². The molecule has 0 aliphatic heterocycles. The lowest BCUT2D eigenvalue weighted by molar-refractivity contribution is -0.117. The highest BCUT2D eigenvalue weighted by atomic mass is 35.5. The van der Waals surface area contributed by atoms with Crippen LogP contribution < -0.4 is 11.5 Å². The number of nitrogens with two attached hydrogens (primary N) is 2. The number of halogens is 1. The number of carbonyl (C=O) groups is 1. The first-order valence-corrected chi connectivity index (χ1v) is 4.89. The summed E-state index contributed by atoms with van der Waals surface area (Å²) in [4.78, 5) is 10.5. The van der Waals surface area contributed by atoms with Gasteiger partial charge in [0, 0.05) is 6.42 Å². The van der Waals surface area contributed by atoms with Crippen molar-refractivity contribution in [2.75, 3.05) is 5.73 Å². The molecule has 0 radical (unpaired) electrons. The zero-order valence-electron chi connectivity index (χ0n) is 8.46. The number of carbonyl (C=O) groups excluding carboxylic acids is 1. The van der Waals surface area contributed by atoms with Crippen LogP contribution in [0.3, 0.4) is 0 Å². The number of anilines is 1. The third-order valence-electron chi connectivity index (χ3n) is 1.99. The summed E-state index contributed by atoms with van der Waals surface area (Å²) in [5, 5.41) is 0.522.